The van der Waals surface area contributed by atoms with E-state index in [1.165, 1.54) is 13.2 Å². The summed E-state index contributed by atoms with van der Waals surface area (Å²) in [6.45, 7) is 0.852. The summed E-state index contributed by atoms with van der Waals surface area (Å²) in [6.07, 6.45) is -4.50. The van der Waals surface area contributed by atoms with E-state index in [1.54, 1.807) is 0 Å². The number of alkyl halides is 3. The van der Waals surface area contributed by atoms with Crippen LogP contribution in [0.4, 0.5) is 13.2 Å². The summed E-state index contributed by atoms with van der Waals surface area (Å²) < 4.78 is 42.4. The second kappa shape index (κ2) is 7.79. The fraction of sp³-hybridized carbons (Fsp3) is 0.333. The molecule has 1 aromatic rings. The number of carbonyl (C=O) groups excluding carboxylic acids is 1. The second-order valence-electron chi connectivity index (χ2n) is 3.91. The van der Waals surface area contributed by atoms with E-state index in [9.17, 15) is 18.0 Å². The fourth-order valence-electron chi connectivity index (χ4n) is 1.33. The van der Waals surface area contributed by atoms with Crippen molar-refractivity contribution in [2.75, 3.05) is 20.3 Å². The van der Waals surface area contributed by atoms with Gasteiger partial charge in [0.2, 0.25) is 0 Å². The van der Waals surface area contributed by atoms with Gasteiger partial charge in [0.05, 0.1) is 12.2 Å². The molecule has 0 aliphatic carbocycles. The summed E-state index contributed by atoms with van der Waals surface area (Å²) in [7, 11) is 1.52. The molecule has 1 rings (SSSR count). The monoisotopic (exact) mass is 321 g/mol. The van der Waals surface area contributed by atoms with Gasteiger partial charge < -0.3 is 10.1 Å². The van der Waals surface area contributed by atoms with Crippen LogP contribution in [0.3, 0.4) is 0 Å². The SMILES string of the molecule is COCCNC(=S)NNC(=O)c1cccc(C(F)(F)F)c1. The maximum absolute atomic E-state index is 12.5. The molecule has 116 valence electrons. The normalized spacial score (nSPS) is 10.9. The minimum atomic E-state index is -4.50. The summed E-state index contributed by atoms with van der Waals surface area (Å²) >= 11 is 4.85. The van der Waals surface area contributed by atoms with Crippen LogP contribution in [-0.2, 0) is 10.9 Å². The largest absolute Gasteiger partial charge is 0.416 e. The second-order valence-corrected chi connectivity index (χ2v) is 4.31. The van der Waals surface area contributed by atoms with Crippen LogP contribution in [0.2, 0.25) is 0 Å². The maximum atomic E-state index is 12.5. The highest BCUT2D eigenvalue weighted by Crippen LogP contribution is 2.29. The summed E-state index contributed by atoms with van der Waals surface area (Å²) in [5.74, 6) is -0.725. The molecule has 1 aromatic carbocycles. The van der Waals surface area contributed by atoms with Crippen LogP contribution in [0.5, 0.6) is 0 Å². The summed E-state index contributed by atoms with van der Waals surface area (Å²) in [5.41, 5.74) is 3.57. The molecule has 0 fully saturated rings. The zero-order valence-electron chi connectivity index (χ0n) is 11.1. The first-order chi connectivity index (χ1) is 9.84. The Bertz CT molecular complexity index is 509. The Morgan fingerprint density at radius 3 is 2.67 bits per heavy atom. The highest BCUT2D eigenvalue weighted by atomic mass is 32.1. The van der Waals surface area contributed by atoms with Crippen LogP contribution in [0.1, 0.15) is 15.9 Å². The number of nitrogens with one attached hydrogen (secondary N) is 3. The Morgan fingerprint density at radius 1 is 1.33 bits per heavy atom. The first-order valence-corrected chi connectivity index (χ1v) is 6.26. The van der Waals surface area contributed by atoms with E-state index in [2.05, 4.69) is 16.2 Å². The molecule has 1 amide bonds. The van der Waals surface area contributed by atoms with Crippen LogP contribution in [0, 0.1) is 0 Å². The van der Waals surface area contributed by atoms with Crippen molar-refractivity contribution in [2.45, 2.75) is 6.18 Å². The number of hydrazine groups is 1. The van der Waals surface area contributed by atoms with Gasteiger partial charge in [-0.3, -0.25) is 15.6 Å². The van der Waals surface area contributed by atoms with E-state index in [4.69, 9.17) is 17.0 Å². The lowest BCUT2D eigenvalue weighted by Crippen LogP contribution is -2.47. The maximum Gasteiger partial charge on any atom is 0.416 e. The topological polar surface area (TPSA) is 62.4 Å². The van der Waals surface area contributed by atoms with Gasteiger partial charge >= 0.3 is 6.18 Å². The molecule has 0 aliphatic heterocycles. The molecule has 21 heavy (non-hydrogen) atoms. The highest BCUT2D eigenvalue weighted by molar-refractivity contribution is 7.80. The molecule has 0 saturated carbocycles. The number of methoxy groups -OCH3 is 1. The van der Waals surface area contributed by atoms with Gasteiger partial charge in [0.15, 0.2) is 5.11 Å². The van der Waals surface area contributed by atoms with Crippen LogP contribution >= 0.6 is 12.2 Å². The molecule has 0 saturated heterocycles. The summed E-state index contributed by atoms with van der Waals surface area (Å²) in [4.78, 5) is 11.7. The van der Waals surface area contributed by atoms with Gasteiger partial charge in [-0.2, -0.15) is 13.2 Å². The van der Waals surface area contributed by atoms with Crippen molar-refractivity contribution >= 4 is 23.2 Å². The molecule has 0 unspecified atom stereocenters. The third-order valence-electron chi connectivity index (χ3n) is 2.33. The van der Waals surface area contributed by atoms with Gasteiger partial charge in [0.1, 0.15) is 0 Å². The number of thiocarbonyl (C=S) groups is 1. The van der Waals surface area contributed by atoms with Crippen molar-refractivity contribution in [1.82, 2.24) is 16.2 Å². The summed E-state index contributed by atoms with van der Waals surface area (Å²) in [5, 5.41) is 2.86. The molecule has 0 radical (unpaired) electrons. The standard InChI is InChI=1S/C12H14F3N3O2S/c1-20-6-5-16-11(21)18-17-10(19)8-3-2-4-9(7-8)12(13,14)15/h2-4,7H,5-6H2,1H3,(H,17,19)(H2,16,18,21). The van der Waals surface area contributed by atoms with E-state index in [-0.39, 0.29) is 10.7 Å². The van der Waals surface area contributed by atoms with Crippen LogP contribution in [0.15, 0.2) is 24.3 Å². The number of amides is 1. The third-order valence-corrected chi connectivity index (χ3v) is 2.58. The number of halogens is 3. The molecule has 0 bridgehead atoms. The number of hydrogen-bond donors (Lipinski definition) is 3. The van der Waals surface area contributed by atoms with Gasteiger partial charge in [-0.25, -0.2) is 0 Å². The molecule has 3 N–H and O–H groups in total. The van der Waals surface area contributed by atoms with Gasteiger partial charge in [0.25, 0.3) is 5.91 Å². The Labute approximate surface area is 124 Å². The smallest absolute Gasteiger partial charge is 0.383 e. The van der Waals surface area contributed by atoms with E-state index < -0.39 is 17.6 Å². The number of carbonyl (C=O) groups is 1. The summed E-state index contributed by atoms with van der Waals surface area (Å²) in [6, 6.07) is 4.08. The number of ether oxygens (including phenoxy) is 1. The molecule has 0 aromatic heterocycles. The van der Waals surface area contributed by atoms with Crippen molar-refractivity contribution in [3.63, 3.8) is 0 Å². The lowest BCUT2D eigenvalue weighted by molar-refractivity contribution is -0.137. The molecule has 0 spiro atoms. The quantitative estimate of drug-likeness (QED) is 0.445. The van der Waals surface area contributed by atoms with E-state index >= 15 is 0 Å². The van der Waals surface area contributed by atoms with Crippen molar-refractivity contribution in [3.8, 4) is 0 Å². The first kappa shape index (κ1) is 17.2. The zero-order valence-corrected chi connectivity index (χ0v) is 11.9. The molecule has 0 aliphatic rings. The van der Waals surface area contributed by atoms with Crippen LogP contribution in [-0.4, -0.2) is 31.3 Å². The van der Waals surface area contributed by atoms with Gasteiger partial charge in [-0.15, -0.1) is 0 Å². The highest BCUT2D eigenvalue weighted by Gasteiger charge is 2.30. The lowest BCUT2D eigenvalue weighted by atomic mass is 10.1. The Kier molecular flexibility index (Phi) is 6.38. The Hall–Kier alpha value is -1.87. The van der Waals surface area contributed by atoms with Crippen molar-refractivity contribution in [2.24, 2.45) is 0 Å². The number of benzene rings is 1. The predicted molar refractivity (Wildman–Crippen MR) is 74.5 cm³/mol. The van der Waals surface area contributed by atoms with E-state index in [0.717, 1.165) is 18.2 Å². The minimum absolute atomic E-state index is 0.128. The Balaban J connectivity index is 2.54. The first-order valence-electron chi connectivity index (χ1n) is 5.85. The molecular formula is C12H14F3N3O2S. The van der Waals surface area contributed by atoms with Crippen LogP contribution < -0.4 is 16.2 Å². The van der Waals surface area contributed by atoms with Crippen molar-refractivity contribution < 1.29 is 22.7 Å². The van der Waals surface area contributed by atoms with Gasteiger partial charge in [0, 0.05) is 19.2 Å². The Morgan fingerprint density at radius 2 is 2.05 bits per heavy atom. The minimum Gasteiger partial charge on any atom is -0.383 e. The zero-order chi connectivity index (χ0) is 15.9. The third kappa shape index (κ3) is 5.96. The predicted octanol–water partition coefficient (Wildman–Crippen LogP) is 1.46. The molecule has 5 nitrogen and oxygen atoms in total. The molecule has 0 heterocycles. The van der Waals surface area contributed by atoms with Gasteiger partial charge in [-0.05, 0) is 30.4 Å². The fourth-order valence-corrected chi connectivity index (χ4v) is 1.49. The molecular weight excluding hydrogens is 307 g/mol. The van der Waals surface area contributed by atoms with Gasteiger partial charge in [-0.1, -0.05) is 6.07 Å². The van der Waals surface area contributed by atoms with Crippen molar-refractivity contribution in [1.29, 1.82) is 0 Å². The lowest BCUT2D eigenvalue weighted by Gasteiger charge is -2.12. The number of rotatable bonds is 4. The molecule has 0 atom stereocenters. The average molecular weight is 321 g/mol. The van der Waals surface area contributed by atoms with Crippen molar-refractivity contribution in [3.05, 3.63) is 35.4 Å². The average Bonchev–Trinajstić information content (AvgIpc) is 2.44. The molecule has 9 heteroatoms. The van der Waals surface area contributed by atoms with Crippen LogP contribution in [0.25, 0.3) is 0 Å². The van der Waals surface area contributed by atoms with E-state index in [1.807, 2.05) is 0 Å². The van der Waals surface area contributed by atoms with E-state index in [0.29, 0.717) is 13.2 Å². The number of hydrogen-bond acceptors (Lipinski definition) is 3.